The first-order valence-electron chi connectivity index (χ1n) is 12.1. The van der Waals surface area contributed by atoms with Gasteiger partial charge in [0.1, 0.15) is 11.6 Å². The molecule has 0 aliphatic carbocycles. The summed E-state index contributed by atoms with van der Waals surface area (Å²) in [5.74, 6) is 0.215. The highest BCUT2D eigenvalue weighted by atomic mass is 31.2. The molecule has 2 heterocycles. The van der Waals surface area contributed by atoms with Gasteiger partial charge in [-0.25, -0.2) is 9.18 Å². The average Bonchev–Trinajstić information content (AvgIpc) is 3.30. The van der Waals surface area contributed by atoms with Gasteiger partial charge in [0.25, 0.3) is 0 Å². The van der Waals surface area contributed by atoms with Gasteiger partial charge in [0, 0.05) is 6.54 Å². The summed E-state index contributed by atoms with van der Waals surface area (Å²) in [5.41, 5.74) is 2.49. The zero-order valence-electron chi connectivity index (χ0n) is 20.2. The number of ether oxygens (including phenoxy) is 1. The highest BCUT2D eigenvalue weighted by Gasteiger charge is 2.27. The van der Waals surface area contributed by atoms with Crippen LogP contribution in [-0.4, -0.2) is 39.2 Å². The molecule has 0 bridgehead atoms. The molecule has 1 aliphatic rings. The van der Waals surface area contributed by atoms with Gasteiger partial charge >= 0.3 is 14.2 Å². The molecule has 5 rings (SSSR count). The number of aromatic nitrogens is 3. The lowest BCUT2D eigenvalue weighted by Crippen LogP contribution is -2.39. The number of aromatic amines is 1. The zero-order chi connectivity index (χ0) is 25.5. The lowest BCUT2D eigenvalue weighted by atomic mass is 10.0. The molecule has 1 N–H and O–H groups in total. The summed E-state index contributed by atoms with van der Waals surface area (Å²) in [6, 6.07) is 25.8. The van der Waals surface area contributed by atoms with E-state index in [0.29, 0.717) is 32.1 Å². The van der Waals surface area contributed by atoms with Crippen LogP contribution in [0.1, 0.15) is 28.6 Å². The molecule has 0 saturated carbocycles. The fourth-order valence-corrected chi connectivity index (χ4v) is 5.30. The van der Waals surface area contributed by atoms with E-state index in [9.17, 15) is 9.18 Å². The lowest BCUT2D eigenvalue weighted by molar-refractivity contribution is -0.0138. The molecule has 3 aromatic carbocycles. The van der Waals surface area contributed by atoms with Gasteiger partial charge in [-0.1, -0.05) is 72.8 Å². The van der Waals surface area contributed by atoms with Gasteiger partial charge in [-0.3, -0.25) is 9.88 Å². The number of H-pyrrole nitrogens is 1. The van der Waals surface area contributed by atoms with Crippen LogP contribution in [0, 0.1) is 5.82 Å². The number of halogens is 1. The summed E-state index contributed by atoms with van der Waals surface area (Å²) in [5, 5.41) is 4.56. The van der Waals surface area contributed by atoms with Crippen LogP contribution in [0.3, 0.4) is 0 Å². The fourth-order valence-electron chi connectivity index (χ4n) is 4.11. The highest BCUT2D eigenvalue weighted by Crippen LogP contribution is 2.40. The summed E-state index contributed by atoms with van der Waals surface area (Å²) in [6.07, 6.45) is 0. The summed E-state index contributed by atoms with van der Waals surface area (Å²) >= 11 is 0. The second kappa shape index (κ2) is 12.4. The van der Waals surface area contributed by atoms with Crippen molar-refractivity contribution in [3.05, 3.63) is 124 Å². The smallest absolute Gasteiger partial charge is 0.350 e. The van der Waals surface area contributed by atoms with Crippen molar-refractivity contribution in [2.24, 2.45) is 0 Å². The van der Waals surface area contributed by atoms with Crippen LogP contribution in [0.2, 0.25) is 0 Å². The molecule has 0 amide bonds. The molecule has 0 spiro atoms. The molecule has 1 saturated heterocycles. The minimum Gasteiger partial charge on any atom is -0.378 e. The van der Waals surface area contributed by atoms with E-state index in [1.807, 2.05) is 60.7 Å². The molecule has 8 nitrogen and oxygen atoms in total. The number of hydrogen-bond acceptors (Lipinski definition) is 6. The second-order valence-electron chi connectivity index (χ2n) is 8.63. The van der Waals surface area contributed by atoms with Crippen LogP contribution in [0.15, 0.2) is 89.7 Å². The van der Waals surface area contributed by atoms with E-state index >= 15 is 0 Å². The normalized spacial score (nSPS) is 16.3. The van der Waals surface area contributed by atoms with E-state index in [4.69, 9.17) is 13.8 Å². The van der Waals surface area contributed by atoms with Crippen molar-refractivity contribution < 1.29 is 18.2 Å². The summed E-state index contributed by atoms with van der Waals surface area (Å²) in [6.45, 7) is 2.66. The van der Waals surface area contributed by atoms with Crippen LogP contribution in [0.25, 0.3) is 0 Å². The van der Waals surface area contributed by atoms with Crippen molar-refractivity contribution in [3.63, 3.8) is 0 Å². The van der Waals surface area contributed by atoms with Crippen LogP contribution in [0.5, 0.6) is 0 Å². The average molecular weight is 523 g/mol. The van der Waals surface area contributed by atoms with Gasteiger partial charge in [-0.05, 0) is 28.8 Å². The predicted molar refractivity (Wildman–Crippen MR) is 138 cm³/mol. The van der Waals surface area contributed by atoms with Gasteiger partial charge in [0.15, 0.2) is 0 Å². The highest BCUT2D eigenvalue weighted by molar-refractivity contribution is 7.45. The van der Waals surface area contributed by atoms with Gasteiger partial charge in [0.05, 0.1) is 39.0 Å². The minimum absolute atomic E-state index is 0.0758. The van der Waals surface area contributed by atoms with E-state index in [1.54, 1.807) is 12.1 Å². The maximum absolute atomic E-state index is 13.4. The van der Waals surface area contributed by atoms with Gasteiger partial charge in [0.2, 0.25) is 0 Å². The van der Waals surface area contributed by atoms with Crippen LogP contribution < -0.4 is 5.69 Å². The monoisotopic (exact) mass is 522 g/mol. The first-order valence-corrected chi connectivity index (χ1v) is 13.2. The van der Waals surface area contributed by atoms with E-state index in [0.717, 1.165) is 16.7 Å². The Morgan fingerprint density at radius 1 is 0.946 bits per heavy atom. The number of benzene rings is 3. The Kier molecular flexibility index (Phi) is 8.50. The molecular weight excluding hydrogens is 494 g/mol. The Morgan fingerprint density at radius 2 is 1.57 bits per heavy atom. The largest absolute Gasteiger partial charge is 0.378 e. The predicted octanol–water partition coefficient (Wildman–Crippen LogP) is 4.79. The Labute approximate surface area is 215 Å². The summed E-state index contributed by atoms with van der Waals surface area (Å²) in [7, 11) is -1.81. The Hall–Kier alpha value is -3.20. The molecule has 1 atom stereocenters. The molecule has 192 valence electrons. The number of hydrogen-bond donors (Lipinski definition) is 1. The van der Waals surface area contributed by atoms with Crippen molar-refractivity contribution in [1.82, 2.24) is 19.4 Å². The number of nitrogens with zero attached hydrogens (tertiary/aromatic N) is 3. The van der Waals surface area contributed by atoms with Crippen molar-refractivity contribution in [3.8, 4) is 0 Å². The van der Waals surface area contributed by atoms with Crippen LogP contribution in [-0.2, 0) is 33.5 Å². The molecular formula is C27H28FN4O4P. The third-order valence-electron chi connectivity index (χ3n) is 6.02. The van der Waals surface area contributed by atoms with Crippen molar-refractivity contribution in [1.29, 1.82) is 0 Å². The molecule has 1 aromatic heterocycles. The van der Waals surface area contributed by atoms with Crippen molar-refractivity contribution >= 4 is 8.53 Å². The van der Waals surface area contributed by atoms with Crippen molar-refractivity contribution in [2.45, 2.75) is 25.8 Å². The van der Waals surface area contributed by atoms with Gasteiger partial charge < -0.3 is 13.8 Å². The molecule has 37 heavy (non-hydrogen) atoms. The molecule has 10 heteroatoms. The Balaban J connectivity index is 1.33. The maximum atomic E-state index is 13.4. The molecule has 1 fully saturated rings. The summed E-state index contributed by atoms with van der Waals surface area (Å²) < 4.78 is 32.5. The van der Waals surface area contributed by atoms with Gasteiger partial charge in [-0.2, -0.15) is 0 Å². The standard InChI is InChI=1S/C27H28FN4O4P/c28-24-13-11-23(12-14-24)25-20-34-16-15-31(25)17-26-29-27(33)32(30-26)37(35-18-21-7-3-1-4-8-21)36-19-22-9-5-2-6-10-22/h1-14,25H,15-20H2,(H,29,30,33)/t25-/m1/s1. The molecule has 4 aromatic rings. The number of rotatable bonds is 10. The third kappa shape index (κ3) is 6.77. The summed E-state index contributed by atoms with van der Waals surface area (Å²) in [4.78, 5) is 18.0. The first-order chi connectivity index (χ1) is 18.2. The topological polar surface area (TPSA) is 81.6 Å². The van der Waals surface area contributed by atoms with E-state index in [-0.39, 0.29) is 25.1 Å². The molecule has 0 unspecified atom stereocenters. The van der Waals surface area contributed by atoms with E-state index in [1.165, 1.54) is 16.6 Å². The molecule has 0 radical (unpaired) electrons. The lowest BCUT2D eigenvalue weighted by Gasteiger charge is -2.35. The fraction of sp³-hybridized carbons (Fsp3) is 0.259. The van der Waals surface area contributed by atoms with Crippen LogP contribution >= 0.6 is 8.53 Å². The Morgan fingerprint density at radius 3 is 2.19 bits per heavy atom. The third-order valence-corrected chi connectivity index (χ3v) is 7.30. The number of morpholine rings is 1. The maximum Gasteiger partial charge on any atom is 0.350 e. The van der Waals surface area contributed by atoms with Crippen LogP contribution in [0.4, 0.5) is 4.39 Å². The molecule has 1 aliphatic heterocycles. The quantitative estimate of drug-likeness (QED) is 0.302. The Bertz CT molecular complexity index is 1270. The second-order valence-corrected chi connectivity index (χ2v) is 10.0. The van der Waals surface area contributed by atoms with Gasteiger partial charge in [-0.15, -0.1) is 9.55 Å². The van der Waals surface area contributed by atoms with E-state index in [2.05, 4.69) is 15.0 Å². The minimum atomic E-state index is -1.81. The SMILES string of the molecule is O=c1[nH]c(CN2CCOC[C@@H]2c2ccc(F)cc2)nn1P(OCc1ccccc1)OCc1ccccc1. The number of nitrogens with one attached hydrogen (secondary N) is 1. The zero-order valence-corrected chi connectivity index (χ0v) is 21.1. The first kappa shape index (κ1) is 25.4. The van der Waals surface area contributed by atoms with E-state index < -0.39 is 14.2 Å². The van der Waals surface area contributed by atoms with Crippen molar-refractivity contribution in [2.75, 3.05) is 19.8 Å².